The zero-order valence-corrected chi connectivity index (χ0v) is 11.2. The lowest BCUT2D eigenvalue weighted by Crippen LogP contribution is -1.91. The Hall–Kier alpha value is -0.930. The van der Waals surface area contributed by atoms with Gasteiger partial charge in [-0.25, -0.2) is 8.78 Å². The lowest BCUT2D eigenvalue weighted by molar-refractivity contribution is 0.619. The SMILES string of the molecule is Cc1cc(Br)c(F)cc1-c1c(F)cccc1Cl. The Morgan fingerprint density at radius 3 is 2.47 bits per heavy atom. The van der Waals surface area contributed by atoms with E-state index in [1.54, 1.807) is 19.1 Å². The van der Waals surface area contributed by atoms with E-state index in [9.17, 15) is 8.78 Å². The van der Waals surface area contributed by atoms with Crippen molar-refractivity contribution in [1.82, 2.24) is 0 Å². The molecule has 0 spiro atoms. The maximum absolute atomic E-state index is 13.7. The predicted molar refractivity (Wildman–Crippen MR) is 69.2 cm³/mol. The summed E-state index contributed by atoms with van der Waals surface area (Å²) in [6.45, 7) is 1.78. The van der Waals surface area contributed by atoms with Crippen molar-refractivity contribution < 1.29 is 8.78 Å². The molecule has 88 valence electrons. The first-order chi connectivity index (χ1) is 8.00. The molecule has 0 bridgehead atoms. The summed E-state index contributed by atoms with van der Waals surface area (Å²) in [4.78, 5) is 0. The van der Waals surface area contributed by atoms with E-state index in [-0.39, 0.29) is 10.6 Å². The number of aryl methyl sites for hydroxylation is 1. The third-order valence-electron chi connectivity index (χ3n) is 2.50. The van der Waals surface area contributed by atoms with Gasteiger partial charge in [-0.3, -0.25) is 0 Å². The minimum Gasteiger partial charge on any atom is -0.206 e. The normalized spacial score (nSPS) is 10.6. The van der Waals surface area contributed by atoms with Gasteiger partial charge >= 0.3 is 0 Å². The van der Waals surface area contributed by atoms with Gasteiger partial charge in [-0.1, -0.05) is 17.7 Å². The third-order valence-corrected chi connectivity index (χ3v) is 3.42. The van der Waals surface area contributed by atoms with Gasteiger partial charge in [-0.15, -0.1) is 0 Å². The Morgan fingerprint density at radius 1 is 1.12 bits per heavy atom. The fraction of sp³-hybridized carbons (Fsp3) is 0.0769. The van der Waals surface area contributed by atoms with E-state index in [0.29, 0.717) is 10.0 Å². The molecule has 0 nitrogen and oxygen atoms in total. The van der Waals surface area contributed by atoms with Gasteiger partial charge < -0.3 is 0 Å². The highest BCUT2D eigenvalue weighted by Crippen LogP contribution is 2.34. The Balaban J connectivity index is 2.73. The van der Waals surface area contributed by atoms with Crippen LogP contribution in [0.5, 0.6) is 0 Å². The Morgan fingerprint density at radius 2 is 1.82 bits per heavy atom. The molecule has 0 atom stereocenters. The van der Waals surface area contributed by atoms with Crippen molar-refractivity contribution >= 4 is 27.5 Å². The highest BCUT2D eigenvalue weighted by atomic mass is 79.9. The number of hydrogen-bond donors (Lipinski definition) is 0. The second kappa shape index (κ2) is 4.75. The average molecular weight is 318 g/mol. The molecule has 0 N–H and O–H groups in total. The Bertz CT molecular complexity index is 562. The van der Waals surface area contributed by atoms with Gasteiger partial charge in [-0.2, -0.15) is 0 Å². The van der Waals surface area contributed by atoms with Crippen LogP contribution in [-0.2, 0) is 0 Å². The van der Waals surface area contributed by atoms with Crippen molar-refractivity contribution in [2.75, 3.05) is 0 Å². The fourth-order valence-electron chi connectivity index (χ4n) is 1.67. The van der Waals surface area contributed by atoms with E-state index >= 15 is 0 Å². The molecule has 0 amide bonds. The van der Waals surface area contributed by atoms with Crippen LogP contribution in [0.1, 0.15) is 5.56 Å². The first-order valence-corrected chi connectivity index (χ1v) is 6.08. The Labute approximate surface area is 111 Å². The number of hydrogen-bond acceptors (Lipinski definition) is 0. The minimum absolute atomic E-state index is 0.234. The molecule has 0 aliphatic rings. The first-order valence-electron chi connectivity index (χ1n) is 4.90. The van der Waals surface area contributed by atoms with E-state index in [1.807, 2.05) is 0 Å². The first kappa shape index (κ1) is 12.5. The summed E-state index contributed by atoms with van der Waals surface area (Å²) < 4.78 is 27.6. The van der Waals surface area contributed by atoms with Crippen molar-refractivity contribution in [2.24, 2.45) is 0 Å². The van der Waals surface area contributed by atoms with Crippen LogP contribution in [0.3, 0.4) is 0 Å². The summed E-state index contributed by atoms with van der Waals surface area (Å²) in [5, 5.41) is 0.273. The zero-order valence-electron chi connectivity index (χ0n) is 8.90. The molecule has 0 heterocycles. The highest BCUT2D eigenvalue weighted by molar-refractivity contribution is 9.10. The van der Waals surface area contributed by atoms with Gasteiger partial charge in [0.15, 0.2) is 0 Å². The summed E-state index contributed by atoms with van der Waals surface area (Å²) in [6.07, 6.45) is 0. The molecule has 2 aromatic rings. The molecule has 0 saturated heterocycles. The van der Waals surface area contributed by atoms with Crippen LogP contribution in [0.2, 0.25) is 5.02 Å². The molecule has 0 fully saturated rings. The second-order valence-electron chi connectivity index (χ2n) is 3.68. The fourth-order valence-corrected chi connectivity index (χ4v) is 2.39. The van der Waals surface area contributed by atoms with E-state index in [4.69, 9.17) is 11.6 Å². The number of halogens is 4. The maximum atomic E-state index is 13.7. The quantitative estimate of drug-likeness (QED) is 0.664. The molecule has 0 aliphatic carbocycles. The average Bonchev–Trinajstić information content (AvgIpc) is 2.25. The van der Waals surface area contributed by atoms with E-state index < -0.39 is 11.6 Å². The maximum Gasteiger partial charge on any atom is 0.138 e. The number of rotatable bonds is 1. The molecule has 0 saturated carbocycles. The Kier molecular flexibility index (Phi) is 3.50. The molecule has 0 aliphatic heterocycles. The predicted octanol–water partition coefficient (Wildman–Crippen LogP) is 5.36. The van der Waals surface area contributed by atoms with Crippen molar-refractivity contribution in [1.29, 1.82) is 0 Å². The van der Waals surface area contributed by atoms with Crippen molar-refractivity contribution in [3.05, 3.63) is 57.0 Å². The lowest BCUT2D eigenvalue weighted by atomic mass is 10.00. The largest absolute Gasteiger partial charge is 0.206 e. The molecule has 2 rings (SSSR count). The number of benzene rings is 2. The smallest absolute Gasteiger partial charge is 0.138 e. The van der Waals surface area contributed by atoms with Gasteiger partial charge in [0, 0.05) is 5.56 Å². The molecule has 4 heteroatoms. The molecule has 0 unspecified atom stereocenters. The summed E-state index contributed by atoms with van der Waals surface area (Å²) in [6, 6.07) is 7.29. The van der Waals surface area contributed by atoms with Crippen LogP contribution >= 0.6 is 27.5 Å². The molecule has 17 heavy (non-hydrogen) atoms. The van der Waals surface area contributed by atoms with Crippen molar-refractivity contribution in [3.8, 4) is 11.1 Å². The lowest BCUT2D eigenvalue weighted by Gasteiger charge is -2.10. The van der Waals surface area contributed by atoms with Gasteiger partial charge in [0.05, 0.1) is 9.50 Å². The summed E-state index contributed by atoms with van der Waals surface area (Å²) in [7, 11) is 0. The van der Waals surface area contributed by atoms with Crippen LogP contribution in [0.15, 0.2) is 34.8 Å². The molecular formula is C13H8BrClF2. The van der Waals surface area contributed by atoms with Crippen LogP contribution in [0.4, 0.5) is 8.78 Å². The van der Waals surface area contributed by atoms with Gasteiger partial charge in [-0.05, 0) is 58.2 Å². The van der Waals surface area contributed by atoms with Crippen LogP contribution in [0.25, 0.3) is 11.1 Å². The highest BCUT2D eigenvalue weighted by Gasteiger charge is 2.14. The summed E-state index contributed by atoms with van der Waals surface area (Å²) in [5.74, 6) is -0.896. The topological polar surface area (TPSA) is 0 Å². The molecular weight excluding hydrogens is 309 g/mol. The summed E-state index contributed by atoms with van der Waals surface area (Å²) in [5.41, 5.74) is 1.46. The van der Waals surface area contributed by atoms with E-state index in [0.717, 1.165) is 5.56 Å². The van der Waals surface area contributed by atoms with Crippen LogP contribution < -0.4 is 0 Å². The van der Waals surface area contributed by atoms with E-state index in [2.05, 4.69) is 15.9 Å². The van der Waals surface area contributed by atoms with E-state index in [1.165, 1.54) is 18.2 Å². The standard InChI is InChI=1S/C13H8BrClF2/c1-7-5-9(14)12(17)6-8(7)13-10(15)3-2-4-11(13)16/h2-6H,1H3. The molecule has 0 radical (unpaired) electrons. The van der Waals surface area contributed by atoms with Gasteiger partial charge in [0.1, 0.15) is 11.6 Å². The minimum atomic E-state index is -0.456. The van der Waals surface area contributed by atoms with Crippen molar-refractivity contribution in [2.45, 2.75) is 6.92 Å². The van der Waals surface area contributed by atoms with Gasteiger partial charge in [0.2, 0.25) is 0 Å². The van der Waals surface area contributed by atoms with Crippen LogP contribution in [-0.4, -0.2) is 0 Å². The second-order valence-corrected chi connectivity index (χ2v) is 4.94. The molecule has 2 aromatic carbocycles. The zero-order chi connectivity index (χ0) is 12.6. The summed E-state index contributed by atoms with van der Waals surface area (Å²) >= 11 is 9.04. The van der Waals surface area contributed by atoms with Crippen molar-refractivity contribution in [3.63, 3.8) is 0 Å². The molecule has 0 aromatic heterocycles. The monoisotopic (exact) mass is 316 g/mol. The van der Waals surface area contributed by atoms with Gasteiger partial charge in [0.25, 0.3) is 0 Å². The van der Waals surface area contributed by atoms with Crippen LogP contribution in [0, 0.1) is 18.6 Å². The third kappa shape index (κ3) is 2.35.